The Morgan fingerprint density at radius 2 is 1.36 bits per heavy atom. The molecule has 1 aromatic carbocycles. The number of aliphatic hydroxyl groups excluding tert-OH is 1. The number of hydrogen-bond acceptors (Lipinski definition) is 14. The number of carbonyl (C=O) groups excluding carboxylic acids is 9. The Morgan fingerprint density at radius 3 is 1.99 bits per heavy atom. The van der Waals surface area contributed by atoms with Crippen molar-refractivity contribution >= 4 is 76.7 Å². The molecule has 1 saturated heterocycles. The predicted octanol–water partition coefficient (Wildman–Crippen LogP) is -2.44. The molecule has 2 unspecified atom stereocenters. The van der Waals surface area contributed by atoms with Crippen LogP contribution in [0.1, 0.15) is 97.5 Å². The van der Waals surface area contributed by atoms with Gasteiger partial charge in [-0.3, -0.25) is 43.2 Å². The number of likely N-dealkylation sites (tertiary alicyclic amines) is 1. The highest BCUT2D eigenvalue weighted by molar-refractivity contribution is 7.80. The van der Waals surface area contributed by atoms with Crippen molar-refractivity contribution in [2.75, 3.05) is 25.4 Å². The van der Waals surface area contributed by atoms with Crippen LogP contribution in [0.25, 0.3) is 10.9 Å². The van der Waals surface area contributed by atoms with Gasteiger partial charge < -0.3 is 75.1 Å². The standard InChI is InChI=1S/C48H77N13O10S/c1-5-25(2)38(59-43(66)35(24-72)58-41(64)33(21-29-23-53-31-16-10-9-15-30(29)31)56-45(68)37(51)28-13-7-6-8-14-28)46(69)60-39(27(4)62)47(70)57-34(22-50)42(65)54-26(3)48(71)61-20-12-18-36(61)44(67)55-32(40(52)63)17-11-19-49/h9-10,15-16,23,25-28,32-39,53,62,72H,5-8,11-14,17-22,24,49-51H2,1-4H3,(H2,52,63)(H,54,65)(H,55,67)(H,56,68)(H,57,70)(H,58,64)(H,59,66)(H,60,69)/t25?,26-,27?,32-,33+,34-,35-,36-,37+,38-,39-/m0/s1. The molecule has 72 heavy (non-hydrogen) atoms. The van der Waals surface area contributed by atoms with Crippen molar-refractivity contribution in [3.63, 3.8) is 0 Å². The molecule has 24 heteroatoms. The summed E-state index contributed by atoms with van der Waals surface area (Å²) in [6.45, 7) is 6.06. The predicted molar refractivity (Wildman–Crippen MR) is 272 cm³/mol. The molecule has 17 N–H and O–H groups in total. The molecule has 0 spiro atoms. The molecule has 0 bridgehead atoms. The molecule has 2 fully saturated rings. The molecular weight excluding hydrogens is 951 g/mol. The van der Waals surface area contributed by atoms with Crippen LogP contribution in [-0.4, -0.2) is 154 Å². The molecule has 4 rings (SSSR count). The molecule has 1 aromatic heterocycles. The number of H-pyrrole nitrogens is 1. The van der Waals surface area contributed by atoms with Gasteiger partial charge in [0.1, 0.15) is 48.3 Å². The van der Waals surface area contributed by atoms with Gasteiger partial charge in [0.05, 0.1) is 12.1 Å². The largest absolute Gasteiger partial charge is 0.391 e. The lowest BCUT2D eigenvalue weighted by Crippen LogP contribution is -2.63. The van der Waals surface area contributed by atoms with E-state index in [9.17, 15) is 48.3 Å². The number of nitrogens with one attached hydrogen (secondary N) is 8. The number of aliphatic hydroxyl groups is 1. The zero-order valence-electron chi connectivity index (χ0n) is 41.7. The molecule has 2 aliphatic rings. The van der Waals surface area contributed by atoms with Crippen LogP contribution in [0.4, 0.5) is 0 Å². The van der Waals surface area contributed by atoms with Crippen molar-refractivity contribution in [1.29, 1.82) is 0 Å². The average Bonchev–Trinajstić information content (AvgIpc) is 4.03. The summed E-state index contributed by atoms with van der Waals surface area (Å²) >= 11 is 4.34. The Labute approximate surface area is 425 Å². The summed E-state index contributed by atoms with van der Waals surface area (Å²) in [6, 6.07) is -3.40. The molecular formula is C48H77N13O10S. The first-order valence-corrected chi connectivity index (χ1v) is 25.6. The first-order chi connectivity index (χ1) is 34.3. The fourth-order valence-electron chi connectivity index (χ4n) is 9.07. The number of primary amides is 1. The minimum atomic E-state index is -1.67. The number of benzene rings is 1. The number of para-hydroxylation sites is 1. The fraction of sp³-hybridized carbons (Fsp3) is 0.646. The zero-order chi connectivity index (χ0) is 53.2. The van der Waals surface area contributed by atoms with E-state index in [1.54, 1.807) is 20.0 Å². The number of carbonyl (C=O) groups is 9. The lowest BCUT2D eigenvalue weighted by Gasteiger charge is -2.30. The smallest absolute Gasteiger partial charge is 0.245 e. The van der Waals surface area contributed by atoms with Gasteiger partial charge in [-0.05, 0) is 82.4 Å². The summed E-state index contributed by atoms with van der Waals surface area (Å²) in [5.74, 6) is -7.49. The summed E-state index contributed by atoms with van der Waals surface area (Å²) in [5.41, 5.74) is 24.9. The van der Waals surface area contributed by atoms with Crippen LogP contribution in [-0.2, 0) is 49.6 Å². The van der Waals surface area contributed by atoms with E-state index in [1.807, 2.05) is 24.3 Å². The van der Waals surface area contributed by atoms with Crippen LogP contribution in [0.2, 0.25) is 0 Å². The molecule has 2 heterocycles. The number of rotatable bonds is 27. The van der Waals surface area contributed by atoms with Gasteiger partial charge in [0, 0.05) is 42.4 Å². The number of amides is 9. The van der Waals surface area contributed by atoms with E-state index >= 15 is 0 Å². The molecule has 9 amide bonds. The SMILES string of the molecule is CCC(C)[C@H](NC(=O)[C@H](CS)NC(=O)[C@@H](Cc1c[nH]c2ccccc12)NC(=O)[C@H](N)C1CCCCC1)C(=O)N[C@H](C(=O)N[C@@H](CN)C(=O)N[C@@H](C)C(=O)N1CCC[C@H]1C(=O)N[C@@H](CCCN)C(N)=O)C(C)O. The van der Waals surface area contributed by atoms with E-state index in [2.05, 4.69) is 54.8 Å². The molecule has 1 saturated carbocycles. The van der Waals surface area contributed by atoms with E-state index in [0.717, 1.165) is 48.6 Å². The van der Waals surface area contributed by atoms with Gasteiger partial charge in [0.25, 0.3) is 0 Å². The van der Waals surface area contributed by atoms with Crippen molar-refractivity contribution in [3.05, 3.63) is 36.0 Å². The van der Waals surface area contributed by atoms with Crippen LogP contribution in [0.3, 0.4) is 0 Å². The second-order valence-electron chi connectivity index (χ2n) is 19.0. The highest BCUT2D eigenvalue weighted by atomic mass is 32.1. The van der Waals surface area contributed by atoms with Crippen LogP contribution < -0.4 is 60.2 Å². The van der Waals surface area contributed by atoms with E-state index in [-0.39, 0.29) is 37.6 Å². The number of thiol groups is 1. The van der Waals surface area contributed by atoms with Crippen LogP contribution in [0, 0.1) is 11.8 Å². The maximum Gasteiger partial charge on any atom is 0.245 e. The Balaban J connectivity index is 1.41. The quantitative estimate of drug-likeness (QED) is 0.0415. The average molecular weight is 1030 g/mol. The van der Waals surface area contributed by atoms with Gasteiger partial charge in [-0.15, -0.1) is 0 Å². The molecule has 0 radical (unpaired) electrons. The van der Waals surface area contributed by atoms with Gasteiger partial charge in [0.15, 0.2) is 0 Å². The Kier molecular flexibility index (Phi) is 23.2. The third-order valence-electron chi connectivity index (χ3n) is 13.7. The number of nitrogens with zero attached hydrogens (tertiary/aromatic N) is 1. The third-order valence-corrected chi connectivity index (χ3v) is 14.0. The maximum absolute atomic E-state index is 14.1. The van der Waals surface area contributed by atoms with Crippen LogP contribution >= 0.6 is 12.6 Å². The Morgan fingerprint density at radius 1 is 0.750 bits per heavy atom. The lowest BCUT2D eigenvalue weighted by atomic mass is 9.84. The minimum absolute atomic E-state index is 0.0430. The van der Waals surface area contributed by atoms with Gasteiger partial charge in [-0.1, -0.05) is 57.7 Å². The molecule has 11 atom stereocenters. The summed E-state index contributed by atoms with van der Waals surface area (Å²) in [6.07, 6.45) is 6.61. The summed E-state index contributed by atoms with van der Waals surface area (Å²) in [4.78, 5) is 126. The van der Waals surface area contributed by atoms with Crippen molar-refractivity contribution in [2.24, 2.45) is 34.8 Å². The monoisotopic (exact) mass is 1030 g/mol. The highest BCUT2D eigenvalue weighted by Gasteiger charge is 2.40. The topological polar surface area (TPSA) is 381 Å². The van der Waals surface area contributed by atoms with Crippen molar-refractivity contribution in [2.45, 2.75) is 159 Å². The van der Waals surface area contributed by atoms with Gasteiger partial charge in [-0.2, -0.15) is 12.6 Å². The van der Waals surface area contributed by atoms with Crippen molar-refractivity contribution < 1.29 is 48.3 Å². The molecule has 23 nitrogen and oxygen atoms in total. The minimum Gasteiger partial charge on any atom is -0.391 e. The number of hydrogen-bond donors (Lipinski definition) is 14. The van der Waals surface area contributed by atoms with Crippen molar-refractivity contribution in [1.82, 2.24) is 47.1 Å². The van der Waals surface area contributed by atoms with Gasteiger partial charge in [-0.25, -0.2) is 0 Å². The summed E-state index contributed by atoms with van der Waals surface area (Å²) in [5, 5.41) is 29.8. The number of nitrogens with two attached hydrogens (primary N) is 4. The Bertz CT molecular complexity index is 2210. The first-order valence-electron chi connectivity index (χ1n) is 25.0. The van der Waals surface area contributed by atoms with Gasteiger partial charge in [0.2, 0.25) is 53.2 Å². The van der Waals surface area contributed by atoms with Crippen LogP contribution in [0.15, 0.2) is 30.5 Å². The number of fused-ring (bicyclic) bond motifs is 1. The number of aromatic amines is 1. The van der Waals surface area contributed by atoms with Crippen molar-refractivity contribution in [3.8, 4) is 0 Å². The second kappa shape index (κ2) is 28.4. The molecule has 1 aliphatic carbocycles. The van der Waals surface area contributed by atoms with Gasteiger partial charge >= 0.3 is 0 Å². The molecule has 1 aliphatic heterocycles. The third kappa shape index (κ3) is 16.1. The van der Waals surface area contributed by atoms with E-state index in [1.165, 1.54) is 18.7 Å². The molecule has 400 valence electrons. The fourth-order valence-corrected chi connectivity index (χ4v) is 9.33. The van der Waals surface area contributed by atoms with E-state index in [4.69, 9.17) is 22.9 Å². The summed E-state index contributed by atoms with van der Waals surface area (Å²) < 4.78 is 0. The first kappa shape index (κ1) is 58.7. The van der Waals surface area contributed by atoms with Crippen LogP contribution in [0.5, 0.6) is 0 Å². The normalized spacial score (nSPS) is 19.2. The molecule has 2 aromatic rings. The lowest BCUT2D eigenvalue weighted by molar-refractivity contribution is -0.142. The van der Waals surface area contributed by atoms with E-state index in [0.29, 0.717) is 25.7 Å². The zero-order valence-corrected chi connectivity index (χ0v) is 42.6. The van der Waals surface area contributed by atoms with E-state index < -0.39 is 126 Å². The number of aromatic nitrogens is 1. The maximum atomic E-state index is 14.1. The highest BCUT2D eigenvalue weighted by Crippen LogP contribution is 2.26. The Hall–Kier alpha value is -5.82. The second-order valence-corrected chi connectivity index (χ2v) is 19.4. The summed E-state index contributed by atoms with van der Waals surface area (Å²) in [7, 11) is 0.